The van der Waals surface area contributed by atoms with Gasteiger partial charge in [0.15, 0.2) is 0 Å². The van der Waals surface area contributed by atoms with Crippen molar-refractivity contribution in [1.82, 2.24) is 17.5 Å². The van der Waals surface area contributed by atoms with Crippen molar-refractivity contribution in [2.24, 2.45) is 0 Å². The summed E-state index contributed by atoms with van der Waals surface area (Å²) in [6, 6.07) is 23.4. The van der Waals surface area contributed by atoms with Crippen LogP contribution in [0.3, 0.4) is 0 Å². The second kappa shape index (κ2) is 10.8. The molecule has 51 heavy (non-hydrogen) atoms. The van der Waals surface area contributed by atoms with E-state index in [0.29, 0.717) is 0 Å². The zero-order valence-electron chi connectivity index (χ0n) is 28.4. The molecule has 11 rings (SSSR count). The number of thiophene rings is 5. The van der Waals surface area contributed by atoms with E-state index in [2.05, 4.69) is 104 Å². The molecule has 0 amide bonds. The van der Waals surface area contributed by atoms with Gasteiger partial charge in [0.25, 0.3) is 0 Å². The van der Waals surface area contributed by atoms with E-state index in [-0.39, 0.29) is 5.41 Å². The molecule has 250 valence electrons. The van der Waals surface area contributed by atoms with Crippen LogP contribution in [0.25, 0.3) is 82.7 Å². The zero-order chi connectivity index (χ0) is 34.6. The summed E-state index contributed by atoms with van der Waals surface area (Å²) >= 11 is 9.81. The summed E-state index contributed by atoms with van der Waals surface area (Å²) in [6.07, 6.45) is 0. The van der Waals surface area contributed by atoms with Crippen LogP contribution in [-0.4, -0.2) is 30.8 Å². The first-order valence-electron chi connectivity index (χ1n) is 16.7. The number of rotatable bonds is 4. The van der Waals surface area contributed by atoms with Gasteiger partial charge >= 0.3 is 260 Å². The molecule has 0 spiro atoms. The summed E-state index contributed by atoms with van der Waals surface area (Å²) in [5.74, 6) is 5.12. The van der Waals surface area contributed by atoms with Gasteiger partial charge in [0.05, 0.1) is 0 Å². The minimum Gasteiger partial charge on any atom is -0.0516 e. The van der Waals surface area contributed by atoms with Crippen molar-refractivity contribution in [2.75, 3.05) is 0 Å². The smallest absolute Gasteiger partial charge is 0.0516 e. The monoisotopic (exact) mass is 850 g/mol. The fraction of sp³-hybridized carbons (Fsp3) is 0.179. The number of hydrogen-bond donors (Lipinski definition) is 0. The molecular weight excluding hydrogens is 822 g/mol. The van der Waals surface area contributed by atoms with Crippen LogP contribution in [0.4, 0.5) is 0 Å². The van der Waals surface area contributed by atoms with Crippen molar-refractivity contribution in [2.45, 2.75) is 44.6 Å². The van der Waals surface area contributed by atoms with Crippen LogP contribution in [-0.2, 0) is 5.41 Å². The number of hydrogen-bond acceptors (Lipinski definition) is 11. The molecule has 7 aromatic heterocycles. The van der Waals surface area contributed by atoms with Crippen LogP contribution in [0.15, 0.2) is 60.7 Å². The molecular formula is C39H28GeN4S7. The minimum absolute atomic E-state index is 0.0258. The Labute approximate surface area is 326 Å². The van der Waals surface area contributed by atoms with Gasteiger partial charge in [-0.05, 0) is 24.1 Å². The maximum absolute atomic E-state index is 4.87. The molecule has 0 N–H and O–H groups in total. The first-order valence-corrected chi connectivity index (χ1v) is 28.5. The predicted molar refractivity (Wildman–Crippen MR) is 229 cm³/mol. The van der Waals surface area contributed by atoms with Crippen molar-refractivity contribution in [3.8, 4) is 60.6 Å². The number of fused-ring (bicyclic) bond motifs is 8. The van der Waals surface area contributed by atoms with Gasteiger partial charge in [-0.1, -0.05) is 13.8 Å². The Morgan fingerprint density at radius 2 is 1.00 bits per heavy atom. The fourth-order valence-corrected chi connectivity index (χ4v) is 25.0. The molecule has 0 bridgehead atoms. The molecule has 2 aromatic carbocycles. The molecule has 12 heteroatoms. The van der Waals surface area contributed by atoms with E-state index in [1.54, 1.807) is 8.79 Å². The van der Waals surface area contributed by atoms with E-state index < -0.39 is 13.3 Å². The van der Waals surface area contributed by atoms with Crippen LogP contribution in [0, 0.1) is 13.8 Å². The Balaban J connectivity index is 0.948. The van der Waals surface area contributed by atoms with Crippen LogP contribution < -0.4 is 8.79 Å². The molecule has 0 saturated heterocycles. The fourth-order valence-electron chi connectivity index (χ4n) is 7.96. The molecule has 1 aliphatic heterocycles. The van der Waals surface area contributed by atoms with E-state index >= 15 is 0 Å². The summed E-state index contributed by atoms with van der Waals surface area (Å²) < 4.78 is 22.3. The normalized spacial score (nSPS) is 15.2. The van der Waals surface area contributed by atoms with Crippen LogP contribution in [0.1, 0.15) is 35.4 Å². The molecule has 1 aliphatic carbocycles. The third-order valence-electron chi connectivity index (χ3n) is 10.8. The Hall–Kier alpha value is -2.88. The van der Waals surface area contributed by atoms with E-state index in [1.807, 2.05) is 56.7 Å². The Morgan fingerprint density at radius 1 is 0.490 bits per heavy atom. The van der Waals surface area contributed by atoms with Crippen LogP contribution >= 0.6 is 80.1 Å². The van der Waals surface area contributed by atoms with E-state index in [1.165, 1.54) is 106 Å². The summed E-state index contributed by atoms with van der Waals surface area (Å²) in [4.78, 5) is 13.8. The molecule has 0 atom stereocenters. The third kappa shape index (κ3) is 4.37. The summed E-state index contributed by atoms with van der Waals surface area (Å²) in [6.45, 7) is 9.07. The molecule has 4 nitrogen and oxygen atoms in total. The molecule has 0 fully saturated rings. The zero-order valence-corrected chi connectivity index (χ0v) is 36.2. The SMILES string of the molecule is Cc1cc2c(s1)-c1sc(-c3ccc(-c4ccc(-c5c[c]6c(s5)-c5sc(-c7ccc(C)c8nsnc78)c[c]5[Ge]6([CH3])[CH3])s4)c4nsnc34)cc1C2(C)C. The van der Waals surface area contributed by atoms with Crippen molar-refractivity contribution >= 4 is 124 Å². The van der Waals surface area contributed by atoms with Gasteiger partial charge in [-0.3, -0.25) is 0 Å². The Kier molecular flexibility index (Phi) is 6.73. The second-order valence-corrected chi connectivity index (χ2v) is 30.2. The van der Waals surface area contributed by atoms with Crippen molar-refractivity contribution in [3.63, 3.8) is 0 Å². The topological polar surface area (TPSA) is 51.6 Å². The van der Waals surface area contributed by atoms with Gasteiger partial charge < -0.3 is 0 Å². The quantitative estimate of drug-likeness (QED) is 0.166. The molecule has 0 unspecified atom stereocenters. The summed E-state index contributed by atoms with van der Waals surface area (Å²) in [5.41, 5.74) is 11.8. The van der Waals surface area contributed by atoms with E-state index in [9.17, 15) is 0 Å². The van der Waals surface area contributed by atoms with Gasteiger partial charge in [0.1, 0.15) is 0 Å². The second-order valence-electron chi connectivity index (χ2n) is 14.6. The minimum atomic E-state index is -2.47. The van der Waals surface area contributed by atoms with E-state index in [4.69, 9.17) is 13.1 Å². The molecule has 9 aromatic rings. The summed E-state index contributed by atoms with van der Waals surface area (Å²) in [5, 5.41) is 0. The van der Waals surface area contributed by atoms with Crippen LogP contribution in [0.5, 0.6) is 0 Å². The van der Waals surface area contributed by atoms with Crippen molar-refractivity contribution < 1.29 is 0 Å². The van der Waals surface area contributed by atoms with E-state index in [0.717, 1.165) is 22.1 Å². The van der Waals surface area contributed by atoms with Crippen molar-refractivity contribution in [3.05, 3.63) is 82.2 Å². The van der Waals surface area contributed by atoms with Gasteiger partial charge in [-0.2, -0.15) is 0 Å². The number of benzene rings is 2. The first kappa shape index (κ1) is 31.6. The molecule has 2 aliphatic rings. The number of nitrogens with zero attached hydrogens (tertiary/aromatic N) is 4. The summed E-state index contributed by atoms with van der Waals surface area (Å²) in [7, 11) is 0. The van der Waals surface area contributed by atoms with Gasteiger partial charge in [-0.25, -0.2) is 0 Å². The first-order chi connectivity index (χ1) is 24.6. The third-order valence-corrected chi connectivity index (χ3v) is 26.1. The predicted octanol–water partition coefficient (Wildman–Crippen LogP) is 12.4. The average Bonchev–Trinajstić information content (AvgIpc) is 3.93. The van der Waals surface area contributed by atoms with Crippen molar-refractivity contribution in [1.29, 1.82) is 0 Å². The van der Waals surface area contributed by atoms with Gasteiger partial charge in [-0.15, -0.1) is 11.3 Å². The number of aryl methyl sites for hydroxylation is 2. The Morgan fingerprint density at radius 3 is 1.73 bits per heavy atom. The molecule has 0 radical (unpaired) electrons. The van der Waals surface area contributed by atoms with Gasteiger partial charge in [0.2, 0.25) is 0 Å². The average molecular weight is 850 g/mol. The standard InChI is InChI=1S/C39H28GeN4S7/c1-17-7-8-20(32-31(17)41-50-42-32)29-15-24-37(48-29)38-25(40(24,5)6)16-30(49-38)27-12-11-26(46-27)19-9-10-21(34-33(19)43-51-44-34)28-14-23-36(47-28)35-22(39(23,3)4)13-18(2)45-35/h7-16H,1-6H3. The van der Waals surface area contributed by atoms with Crippen LogP contribution in [0.2, 0.25) is 11.5 Å². The maximum atomic E-state index is 4.87. The Bertz CT molecular complexity index is 2920. The molecule has 0 saturated carbocycles. The molecule has 8 heterocycles. The van der Waals surface area contributed by atoms with Gasteiger partial charge in [0, 0.05) is 20.0 Å². The number of aromatic nitrogens is 4.